The summed E-state index contributed by atoms with van der Waals surface area (Å²) < 4.78 is 4.80. The summed E-state index contributed by atoms with van der Waals surface area (Å²) in [7, 11) is 0. The molecular formula is C21H26ClN3O5. The van der Waals surface area contributed by atoms with Crippen LogP contribution in [-0.4, -0.2) is 65.3 Å². The van der Waals surface area contributed by atoms with Crippen molar-refractivity contribution < 1.29 is 23.9 Å². The van der Waals surface area contributed by atoms with Gasteiger partial charge in [0.15, 0.2) is 12.4 Å². The van der Waals surface area contributed by atoms with Crippen molar-refractivity contribution in [2.75, 3.05) is 19.7 Å². The summed E-state index contributed by atoms with van der Waals surface area (Å²) in [6.45, 7) is 2.19. The van der Waals surface area contributed by atoms with Crippen LogP contribution in [0.4, 0.5) is 4.79 Å². The topological polar surface area (TPSA) is 96.0 Å². The Kier molecular flexibility index (Phi) is 7.31. The van der Waals surface area contributed by atoms with Crippen LogP contribution in [0.3, 0.4) is 0 Å². The van der Waals surface area contributed by atoms with Gasteiger partial charge in [0.05, 0.1) is 6.04 Å². The average Bonchev–Trinajstić information content (AvgIpc) is 3.40. The summed E-state index contributed by atoms with van der Waals surface area (Å²) in [5, 5.41) is 3.48. The fourth-order valence-corrected chi connectivity index (χ4v) is 4.10. The zero-order valence-corrected chi connectivity index (χ0v) is 17.7. The van der Waals surface area contributed by atoms with E-state index < -0.39 is 18.1 Å². The summed E-state index contributed by atoms with van der Waals surface area (Å²) in [5.41, 5.74) is 0.908. The number of halogens is 1. The van der Waals surface area contributed by atoms with Crippen LogP contribution >= 0.6 is 11.6 Å². The number of Topliss-reactive ketones (excluding diaryl/α,β-unsaturated/α-hetero) is 1. The summed E-state index contributed by atoms with van der Waals surface area (Å²) >= 11 is 5.88. The summed E-state index contributed by atoms with van der Waals surface area (Å²) in [6.07, 6.45) is 2.54. The smallest absolute Gasteiger partial charge is 0.318 e. The Morgan fingerprint density at radius 3 is 2.33 bits per heavy atom. The predicted molar refractivity (Wildman–Crippen MR) is 110 cm³/mol. The molecular weight excluding hydrogens is 410 g/mol. The highest BCUT2D eigenvalue weighted by molar-refractivity contribution is 6.30. The van der Waals surface area contributed by atoms with Crippen LogP contribution in [0.2, 0.25) is 5.02 Å². The van der Waals surface area contributed by atoms with E-state index in [0.717, 1.165) is 12.0 Å². The minimum absolute atomic E-state index is 0.215. The second kappa shape index (κ2) is 9.93. The number of esters is 1. The Balaban J connectivity index is 1.60. The van der Waals surface area contributed by atoms with Gasteiger partial charge in [0.25, 0.3) is 0 Å². The van der Waals surface area contributed by atoms with E-state index in [1.54, 1.807) is 21.9 Å². The van der Waals surface area contributed by atoms with Gasteiger partial charge in [0, 0.05) is 31.6 Å². The van der Waals surface area contributed by atoms with Gasteiger partial charge in [0.1, 0.15) is 6.04 Å². The predicted octanol–water partition coefficient (Wildman–Crippen LogP) is 2.14. The monoisotopic (exact) mass is 435 g/mol. The van der Waals surface area contributed by atoms with Gasteiger partial charge >= 0.3 is 12.0 Å². The zero-order valence-electron chi connectivity index (χ0n) is 16.9. The molecule has 2 atom stereocenters. The van der Waals surface area contributed by atoms with E-state index in [4.69, 9.17) is 16.3 Å². The second-order valence-corrected chi connectivity index (χ2v) is 8.01. The lowest BCUT2D eigenvalue weighted by Gasteiger charge is -2.31. The van der Waals surface area contributed by atoms with Crippen molar-refractivity contribution in [1.82, 2.24) is 15.1 Å². The van der Waals surface area contributed by atoms with Crippen LogP contribution in [0.15, 0.2) is 24.3 Å². The molecule has 2 heterocycles. The number of carbonyl (C=O) groups excluding carboxylic acids is 4. The van der Waals surface area contributed by atoms with E-state index in [1.165, 1.54) is 6.92 Å². The molecule has 2 aliphatic heterocycles. The Morgan fingerprint density at radius 2 is 1.67 bits per heavy atom. The number of carbonyl (C=O) groups is 4. The normalized spacial score (nSPS) is 20.9. The third kappa shape index (κ3) is 5.30. The lowest BCUT2D eigenvalue weighted by Crippen LogP contribution is -2.53. The van der Waals surface area contributed by atoms with E-state index in [2.05, 4.69) is 5.32 Å². The van der Waals surface area contributed by atoms with Crippen molar-refractivity contribution in [1.29, 1.82) is 0 Å². The number of hydrogen-bond acceptors (Lipinski definition) is 5. The first-order valence-electron chi connectivity index (χ1n) is 10.1. The molecule has 0 radical (unpaired) electrons. The van der Waals surface area contributed by atoms with Crippen LogP contribution in [0.25, 0.3) is 0 Å². The minimum Gasteiger partial charge on any atom is -0.458 e. The molecule has 0 unspecified atom stereocenters. The van der Waals surface area contributed by atoms with Crippen molar-refractivity contribution >= 4 is 35.3 Å². The van der Waals surface area contributed by atoms with Crippen LogP contribution in [0, 0.1) is 0 Å². The summed E-state index contributed by atoms with van der Waals surface area (Å²) in [4.78, 5) is 52.3. The molecule has 1 N–H and O–H groups in total. The summed E-state index contributed by atoms with van der Waals surface area (Å²) in [6, 6.07) is 5.69. The van der Waals surface area contributed by atoms with Crippen molar-refractivity contribution in [3.05, 3.63) is 34.9 Å². The number of ketones is 1. The Bertz CT molecular complexity index is 813. The van der Waals surface area contributed by atoms with E-state index in [9.17, 15) is 19.2 Å². The fraction of sp³-hybridized carbons (Fsp3) is 0.524. The van der Waals surface area contributed by atoms with Crippen LogP contribution in [-0.2, 0) is 25.7 Å². The number of hydrogen-bond donors (Lipinski definition) is 1. The molecule has 3 amide bonds. The first-order valence-corrected chi connectivity index (χ1v) is 10.5. The lowest BCUT2D eigenvalue weighted by molar-refractivity contribution is -0.148. The molecule has 30 heavy (non-hydrogen) atoms. The largest absolute Gasteiger partial charge is 0.458 e. The van der Waals surface area contributed by atoms with E-state index in [0.29, 0.717) is 43.9 Å². The van der Waals surface area contributed by atoms with Gasteiger partial charge in [0.2, 0.25) is 5.91 Å². The van der Waals surface area contributed by atoms with Gasteiger partial charge in [-0.2, -0.15) is 0 Å². The number of rotatable bonds is 6. The number of benzene rings is 1. The molecule has 2 aliphatic rings. The third-order valence-electron chi connectivity index (χ3n) is 5.48. The Morgan fingerprint density at radius 1 is 1.03 bits per heavy atom. The maximum atomic E-state index is 13.2. The van der Waals surface area contributed by atoms with Crippen molar-refractivity contribution in [2.24, 2.45) is 0 Å². The van der Waals surface area contributed by atoms with E-state index in [1.807, 2.05) is 12.1 Å². The first kappa shape index (κ1) is 22.1. The molecule has 8 nitrogen and oxygen atoms in total. The van der Waals surface area contributed by atoms with Gasteiger partial charge in [-0.1, -0.05) is 23.7 Å². The highest BCUT2D eigenvalue weighted by atomic mass is 35.5. The standard InChI is InChI=1S/C21H26ClN3O5/c1-14(26)30-13-19(27)17-4-2-10-24(17)20(28)18-5-3-11-25(18)21(29)23-12-15-6-8-16(22)9-7-15/h6-9,17-18H,2-5,10-13H2,1H3,(H,23,29)/t17-,18-/m0/s1. The maximum absolute atomic E-state index is 13.2. The number of nitrogens with zero attached hydrogens (tertiary/aromatic N) is 2. The fourth-order valence-electron chi connectivity index (χ4n) is 3.97. The number of urea groups is 1. The Hall–Kier alpha value is -2.61. The second-order valence-electron chi connectivity index (χ2n) is 7.57. The molecule has 0 saturated carbocycles. The molecule has 0 aromatic heterocycles. The van der Waals surface area contributed by atoms with Crippen molar-refractivity contribution in [3.8, 4) is 0 Å². The highest BCUT2D eigenvalue weighted by Crippen LogP contribution is 2.25. The number of likely N-dealkylation sites (tertiary alicyclic amines) is 2. The zero-order chi connectivity index (χ0) is 21.7. The van der Waals surface area contributed by atoms with Crippen LogP contribution in [0.5, 0.6) is 0 Å². The van der Waals surface area contributed by atoms with Gasteiger partial charge in [-0.25, -0.2) is 4.79 Å². The number of nitrogens with one attached hydrogen (secondary N) is 1. The molecule has 162 valence electrons. The Labute approximate surface area is 180 Å². The van der Waals surface area contributed by atoms with Crippen molar-refractivity contribution in [3.63, 3.8) is 0 Å². The number of ether oxygens (including phenoxy) is 1. The highest BCUT2D eigenvalue weighted by Gasteiger charge is 2.42. The van der Waals surface area contributed by atoms with Crippen LogP contribution < -0.4 is 5.32 Å². The first-order chi connectivity index (χ1) is 14.4. The number of amides is 3. The van der Waals surface area contributed by atoms with E-state index >= 15 is 0 Å². The van der Waals surface area contributed by atoms with Gasteiger partial charge < -0.3 is 19.9 Å². The summed E-state index contributed by atoms with van der Waals surface area (Å²) in [5.74, 6) is -1.03. The third-order valence-corrected chi connectivity index (χ3v) is 5.73. The molecule has 0 aliphatic carbocycles. The van der Waals surface area contributed by atoms with Gasteiger partial charge in [-0.05, 0) is 43.4 Å². The average molecular weight is 436 g/mol. The molecule has 0 spiro atoms. The molecule has 3 rings (SSSR count). The molecule has 1 aromatic carbocycles. The molecule has 2 saturated heterocycles. The SMILES string of the molecule is CC(=O)OCC(=O)[C@@H]1CCCN1C(=O)[C@@H]1CCCN1C(=O)NCc1ccc(Cl)cc1. The molecule has 1 aromatic rings. The molecule has 9 heteroatoms. The molecule has 0 bridgehead atoms. The lowest BCUT2D eigenvalue weighted by atomic mass is 10.1. The van der Waals surface area contributed by atoms with Gasteiger partial charge in [-0.3, -0.25) is 14.4 Å². The van der Waals surface area contributed by atoms with Crippen molar-refractivity contribution in [2.45, 2.75) is 51.2 Å². The quantitative estimate of drug-likeness (QED) is 0.690. The van der Waals surface area contributed by atoms with Gasteiger partial charge in [-0.15, -0.1) is 0 Å². The maximum Gasteiger partial charge on any atom is 0.318 e. The van der Waals surface area contributed by atoms with Crippen LogP contribution in [0.1, 0.15) is 38.2 Å². The minimum atomic E-state index is -0.601. The molecule has 2 fully saturated rings. The van der Waals surface area contributed by atoms with E-state index in [-0.39, 0.29) is 24.3 Å².